The number of nitrogens with one attached hydrogen (secondary N) is 2. The number of benzene rings is 1. The quantitative estimate of drug-likeness (QED) is 0.173. The van der Waals surface area contributed by atoms with Crippen molar-refractivity contribution in [1.82, 2.24) is 10.6 Å². The van der Waals surface area contributed by atoms with Crippen LogP contribution in [0.25, 0.3) is 0 Å². The molecule has 0 aliphatic heterocycles. The summed E-state index contributed by atoms with van der Waals surface area (Å²) in [6.07, 6.45) is 8.49. The van der Waals surface area contributed by atoms with Crippen molar-refractivity contribution in [2.24, 2.45) is 10.4 Å². The summed E-state index contributed by atoms with van der Waals surface area (Å²) < 4.78 is 5.60. The number of rotatable bonds is 9. The lowest BCUT2D eigenvalue weighted by Crippen LogP contribution is -2.43. The van der Waals surface area contributed by atoms with Crippen molar-refractivity contribution >= 4 is 41.7 Å². The summed E-state index contributed by atoms with van der Waals surface area (Å²) in [4.78, 5) is 5.68. The van der Waals surface area contributed by atoms with Crippen molar-refractivity contribution in [3.05, 3.63) is 29.8 Å². The van der Waals surface area contributed by atoms with Crippen LogP contribution in [0.3, 0.4) is 0 Å². The highest BCUT2D eigenvalue weighted by Gasteiger charge is 2.33. The molecular weight excluding hydrogens is 457 g/mol. The van der Waals surface area contributed by atoms with E-state index >= 15 is 0 Å². The van der Waals surface area contributed by atoms with Gasteiger partial charge in [-0.05, 0) is 55.6 Å². The highest BCUT2D eigenvalue weighted by molar-refractivity contribution is 14.0. The normalized spacial score (nSPS) is 16.2. The highest BCUT2D eigenvalue weighted by atomic mass is 127. The maximum absolute atomic E-state index is 5.60. The molecule has 2 rings (SSSR count). The Hall–Kier alpha value is -0.470. The van der Waals surface area contributed by atoms with E-state index in [0.717, 1.165) is 38.7 Å². The largest absolute Gasteiger partial charge is 0.382 e. The fourth-order valence-electron chi connectivity index (χ4n) is 3.49. The van der Waals surface area contributed by atoms with Crippen LogP contribution in [-0.4, -0.2) is 39.0 Å². The molecule has 1 aliphatic carbocycles. The van der Waals surface area contributed by atoms with E-state index in [4.69, 9.17) is 4.74 Å². The van der Waals surface area contributed by atoms with Crippen molar-refractivity contribution in [3.8, 4) is 0 Å². The smallest absolute Gasteiger partial charge is 0.191 e. The van der Waals surface area contributed by atoms with Crippen LogP contribution in [0.5, 0.6) is 0 Å². The van der Waals surface area contributed by atoms with Crippen LogP contribution >= 0.6 is 35.7 Å². The zero-order valence-electron chi connectivity index (χ0n) is 16.3. The van der Waals surface area contributed by atoms with Crippen LogP contribution in [0.15, 0.2) is 34.2 Å². The fraction of sp³-hybridized carbons (Fsp3) is 0.650. The topological polar surface area (TPSA) is 45.6 Å². The molecule has 2 N–H and O–H groups in total. The van der Waals surface area contributed by atoms with Gasteiger partial charge in [0.15, 0.2) is 5.96 Å². The molecule has 4 nitrogen and oxygen atoms in total. The first-order valence-corrected chi connectivity index (χ1v) is 10.6. The molecule has 0 atom stereocenters. The Labute approximate surface area is 180 Å². The molecule has 0 radical (unpaired) electrons. The van der Waals surface area contributed by atoms with Crippen LogP contribution in [0.4, 0.5) is 0 Å². The Morgan fingerprint density at radius 3 is 2.46 bits per heavy atom. The molecule has 26 heavy (non-hydrogen) atoms. The summed E-state index contributed by atoms with van der Waals surface area (Å²) in [5, 5.41) is 6.98. The fourth-order valence-corrected chi connectivity index (χ4v) is 3.90. The third kappa shape index (κ3) is 7.64. The first kappa shape index (κ1) is 23.6. The van der Waals surface area contributed by atoms with Gasteiger partial charge in [-0.1, -0.05) is 25.0 Å². The van der Waals surface area contributed by atoms with Crippen molar-refractivity contribution in [1.29, 1.82) is 0 Å². The van der Waals surface area contributed by atoms with Crippen LogP contribution in [0.2, 0.25) is 0 Å². The van der Waals surface area contributed by atoms with E-state index in [9.17, 15) is 0 Å². The molecule has 0 amide bonds. The molecular formula is C20H34IN3OS. The number of guanidine groups is 1. The maximum atomic E-state index is 5.60. The van der Waals surface area contributed by atoms with Gasteiger partial charge in [0, 0.05) is 38.2 Å². The second kappa shape index (κ2) is 12.8. The van der Waals surface area contributed by atoms with E-state index in [1.165, 1.54) is 36.1 Å². The second-order valence-electron chi connectivity index (χ2n) is 6.78. The Morgan fingerprint density at radius 2 is 1.88 bits per heavy atom. The maximum Gasteiger partial charge on any atom is 0.191 e. The minimum absolute atomic E-state index is 0. The van der Waals surface area contributed by atoms with Gasteiger partial charge in [-0.15, -0.1) is 35.7 Å². The molecule has 1 aromatic rings. The minimum atomic E-state index is 0. The first-order chi connectivity index (χ1) is 12.2. The monoisotopic (exact) mass is 491 g/mol. The average molecular weight is 491 g/mol. The predicted molar refractivity (Wildman–Crippen MR) is 124 cm³/mol. The number of ether oxygens (including phenoxy) is 1. The van der Waals surface area contributed by atoms with Gasteiger partial charge in [-0.2, -0.15) is 0 Å². The SMILES string of the molecule is CCOCCC1(CNC(=NC)NCc2ccc(SC)cc2)CCCC1.I. The van der Waals surface area contributed by atoms with Gasteiger partial charge in [0.1, 0.15) is 0 Å². The molecule has 1 aromatic carbocycles. The first-order valence-electron chi connectivity index (χ1n) is 9.36. The van der Waals surface area contributed by atoms with Gasteiger partial charge in [0.25, 0.3) is 0 Å². The Morgan fingerprint density at radius 1 is 1.19 bits per heavy atom. The summed E-state index contributed by atoms with van der Waals surface area (Å²) in [5.41, 5.74) is 1.64. The summed E-state index contributed by atoms with van der Waals surface area (Å²) in [6.45, 7) is 5.51. The number of halogens is 1. The van der Waals surface area contributed by atoms with E-state index in [0.29, 0.717) is 5.41 Å². The average Bonchev–Trinajstić information content (AvgIpc) is 3.11. The molecule has 0 saturated heterocycles. The van der Waals surface area contributed by atoms with Gasteiger partial charge in [0.2, 0.25) is 0 Å². The van der Waals surface area contributed by atoms with E-state index < -0.39 is 0 Å². The minimum Gasteiger partial charge on any atom is -0.382 e. The lowest BCUT2D eigenvalue weighted by atomic mass is 9.83. The second-order valence-corrected chi connectivity index (χ2v) is 7.66. The zero-order chi connectivity index (χ0) is 18.0. The summed E-state index contributed by atoms with van der Waals surface area (Å²) >= 11 is 1.77. The van der Waals surface area contributed by atoms with Gasteiger partial charge in [-0.3, -0.25) is 4.99 Å². The van der Waals surface area contributed by atoms with Gasteiger partial charge in [-0.25, -0.2) is 0 Å². The third-order valence-electron chi connectivity index (χ3n) is 5.12. The molecule has 0 heterocycles. The van der Waals surface area contributed by atoms with Gasteiger partial charge >= 0.3 is 0 Å². The Bertz CT molecular complexity index is 530. The van der Waals surface area contributed by atoms with Crippen LogP contribution in [0, 0.1) is 5.41 Å². The van der Waals surface area contributed by atoms with Gasteiger partial charge in [0.05, 0.1) is 0 Å². The van der Waals surface area contributed by atoms with Crippen molar-refractivity contribution < 1.29 is 4.74 Å². The molecule has 6 heteroatoms. The highest BCUT2D eigenvalue weighted by Crippen LogP contribution is 2.40. The number of nitrogens with zero attached hydrogens (tertiary/aromatic N) is 1. The molecule has 0 unspecified atom stereocenters. The zero-order valence-corrected chi connectivity index (χ0v) is 19.5. The van der Waals surface area contributed by atoms with Crippen LogP contribution in [-0.2, 0) is 11.3 Å². The number of hydrogen-bond acceptors (Lipinski definition) is 3. The van der Waals surface area contributed by atoms with Crippen molar-refractivity contribution in [2.45, 2.75) is 50.5 Å². The van der Waals surface area contributed by atoms with E-state index in [2.05, 4.69) is 53.1 Å². The van der Waals surface area contributed by atoms with Crippen molar-refractivity contribution in [2.75, 3.05) is 33.1 Å². The molecule has 0 bridgehead atoms. The summed E-state index contributed by atoms with van der Waals surface area (Å²) in [5.74, 6) is 0.886. The van der Waals surface area contributed by atoms with E-state index in [-0.39, 0.29) is 24.0 Å². The van der Waals surface area contributed by atoms with Crippen LogP contribution in [0.1, 0.15) is 44.6 Å². The van der Waals surface area contributed by atoms with E-state index in [1.54, 1.807) is 11.8 Å². The number of hydrogen-bond donors (Lipinski definition) is 2. The molecule has 148 valence electrons. The number of thioether (sulfide) groups is 1. The van der Waals surface area contributed by atoms with Gasteiger partial charge < -0.3 is 15.4 Å². The summed E-state index contributed by atoms with van der Waals surface area (Å²) in [7, 11) is 1.84. The summed E-state index contributed by atoms with van der Waals surface area (Å²) in [6, 6.07) is 8.68. The number of aliphatic imine (C=N–C) groups is 1. The third-order valence-corrected chi connectivity index (χ3v) is 5.86. The van der Waals surface area contributed by atoms with Crippen LogP contribution < -0.4 is 10.6 Å². The molecule has 1 fully saturated rings. The lowest BCUT2D eigenvalue weighted by molar-refractivity contribution is 0.105. The molecule has 0 aromatic heterocycles. The Balaban J connectivity index is 0.00000338. The molecule has 1 aliphatic rings. The van der Waals surface area contributed by atoms with E-state index in [1.807, 2.05) is 7.05 Å². The molecule has 0 spiro atoms. The lowest BCUT2D eigenvalue weighted by Gasteiger charge is -2.30. The standard InChI is InChI=1S/C20H33N3OS.HI/c1-4-24-14-13-20(11-5-6-12-20)16-23-19(21-2)22-15-17-7-9-18(25-3)10-8-17;/h7-10H,4-6,11-16H2,1-3H3,(H2,21,22,23);1H. The van der Waals surface area contributed by atoms with Crippen molar-refractivity contribution in [3.63, 3.8) is 0 Å². The molecule has 1 saturated carbocycles. The Kier molecular flexibility index (Phi) is 11.6. The predicted octanol–water partition coefficient (Wildman–Crippen LogP) is 4.68.